The van der Waals surface area contributed by atoms with Crippen molar-refractivity contribution in [3.63, 3.8) is 0 Å². The molecule has 3 aromatic rings. The van der Waals surface area contributed by atoms with Crippen LogP contribution in [-0.2, 0) is 11.2 Å². The van der Waals surface area contributed by atoms with Gasteiger partial charge in [0, 0.05) is 22.5 Å². The topological polar surface area (TPSA) is 55.4 Å². The zero-order chi connectivity index (χ0) is 19.1. The highest BCUT2D eigenvalue weighted by Crippen LogP contribution is 2.17. The van der Waals surface area contributed by atoms with E-state index in [4.69, 9.17) is 4.74 Å². The number of ketones is 1. The van der Waals surface area contributed by atoms with E-state index in [1.165, 1.54) is 4.88 Å². The third-order valence-electron chi connectivity index (χ3n) is 4.09. The third kappa shape index (κ3) is 5.28. The monoisotopic (exact) mass is 379 g/mol. The van der Waals surface area contributed by atoms with E-state index in [0.29, 0.717) is 23.4 Å². The van der Waals surface area contributed by atoms with Gasteiger partial charge in [-0.3, -0.25) is 9.59 Å². The largest absolute Gasteiger partial charge is 0.481 e. The lowest BCUT2D eigenvalue weighted by atomic mass is 10.0. The summed E-state index contributed by atoms with van der Waals surface area (Å²) in [6, 6.07) is 20.0. The zero-order valence-corrected chi connectivity index (χ0v) is 15.9. The predicted octanol–water partition coefficient (Wildman–Crippen LogP) is 4.11. The van der Waals surface area contributed by atoms with E-state index >= 15 is 0 Å². The first-order valence-corrected chi connectivity index (χ1v) is 9.68. The van der Waals surface area contributed by atoms with Gasteiger partial charge in [-0.15, -0.1) is 11.3 Å². The van der Waals surface area contributed by atoms with Crippen LogP contribution < -0.4 is 10.1 Å². The molecule has 0 aliphatic carbocycles. The highest BCUT2D eigenvalue weighted by molar-refractivity contribution is 7.09. The maximum absolute atomic E-state index is 12.4. The number of amides is 1. The number of carbonyl (C=O) groups is 2. The fourth-order valence-electron chi connectivity index (χ4n) is 2.61. The first-order chi connectivity index (χ1) is 13.1. The Labute approximate surface area is 162 Å². The summed E-state index contributed by atoms with van der Waals surface area (Å²) in [5.74, 6) is 0.359. The molecule has 1 unspecified atom stereocenters. The molecule has 1 aromatic heterocycles. The van der Waals surface area contributed by atoms with Crippen LogP contribution in [-0.4, -0.2) is 24.3 Å². The van der Waals surface area contributed by atoms with Crippen LogP contribution in [0.3, 0.4) is 0 Å². The maximum atomic E-state index is 12.4. The van der Waals surface area contributed by atoms with Gasteiger partial charge in [-0.25, -0.2) is 0 Å². The SMILES string of the molecule is CC(Oc1ccc(C(=O)c2ccccc2)cc1)C(=O)NCCc1cccs1. The van der Waals surface area contributed by atoms with Crippen molar-refractivity contribution in [2.24, 2.45) is 0 Å². The number of ether oxygens (including phenoxy) is 1. The van der Waals surface area contributed by atoms with Crippen LogP contribution in [0.2, 0.25) is 0 Å². The van der Waals surface area contributed by atoms with Gasteiger partial charge in [0.05, 0.1) is 0 Å². The van der Waals surface area contributed by atoms with Gasteiger partial charge in [0.1, 0.15) is 5.75 Å². The van der Waals surface area contributed by atoms with Crippen molar-refractivity contribution in [1.29, 1.82) is 0 Å². The molecule has 0 spiro atoms. The number of carbonyl (C=O) groups excluding carboxylic acids is 2. The van der Waals surface area contributed by atoms with E-state index < -0.39 is 6.10 Å². The van der Waals surface area contributed by atoms with Crippen LogP contribution in [0.1, 0.15) is 27.7 Å². The highest BCUT2D eigenvalue weighted by Gasteiger charge is 2.15. The number of thiophene rings is 1. The molecule has 1 heterocycles. The quantitative estimate of drug-likeness (QED) is 0.600. The van der Waals surface area contributed by atoms with Crippen molar-refractivity contribution in [1.82, 2.24) is 5.32 Å². The molecule has 0 fully saturated rings. The van der Waals surface area contributed by atoms with E-state index in [-0.39, 0.29) is 11.7 Å². The summed E-state index contributed by atoms with van der Waals surface area (Å²) in [6.07, 6.45) is 0.205. The molecule has 1 amide bonds. The number of nitrogens with one attached hydrogen (secondary N) is 1. The van der Waals surface area contributed by atoms with Gasteiger partial charge in [-0.1, -0.05) is 36.4 Å². The van der Waals surface area contributed by atoms with Crippen molar-refractivity contribution in [3.8, 4) is 5.75 Å². The first kappa shape index (κ1) is 18.9. The normalized spacial score (nSPS) is 11.6. The molecule has 2 aromatic carbocycles. The second-order valence-corrected chi connectivity index (χ2v) is 7.13. The molecule has 0 saturated heterocycles. The van der Waals surface area contributed by atoms with Crippen LogP contribution in [0.25, 0.3) is 0 Å². The number of hydrogen-bond donors (Lipinski definition) is 1. The summed E-state index contributed by atoms with van der Waals surface area (Å²) in [7, 11) is 0. The first-order valence-electron chi connectivity index (χ1n) is 8.80. The van der Waals surface area contributed by atoms with Gasteiger partial charge >= 0.3 is 0 Å². The molecule has 4 nitrogen and oxygen atoms in total. The fraction of sp³-hybridized carbons (Fsp3) is 0.182. The lowest BCUT2D eigenvalue weighted by Gasteiger charge is -2.15. The predicted molar refractivity (Wildman–Crippen MR) is 107 cm³/mol. The van der Waals surface area contributed by atoms with E-state index in [2.05, 4.69) is 11.4 Å². The summed E-state index contributed by atoms with van der Waals surface area (Å²) in [5, 5.41) is 4.90. The van der Waals surface area contributed by atoms with Crippen molar-refractivity contribution in [3.05, 3.63) is 88.1 Å². The summed E-state index contributed by atoms with van der Waals surface area (Å²) in [6.45, 7) is 2.29. The van der Waals surface area contributed by atoms with Gasteiger partial charge in [0.25, 0.3) is 5.91 Å². The summed E-state index contributed by atoms with van der Waals surface area (Å²) >= 11 is 1.68. The zero-order valence-electron chi connectivity index (χ0n) is 15.1. The van der Waals surface area contributed by atoms with Crippen molar-refractivity contribution < 1.29 is 14.3 Å². The maximum Gasteiger partial charge on any atom is 0.260 e. The molecule has 27 heavy (non-hydrogen) atoms. The van der Waals surface area contributed by atoms with Gasteiger partial charge in [0.2, 0.25) is 0 Å². The van der Waals surface area contributed by atoms with Gasteiger partial charge < -0.3 is 10.1 Å². The summed E-state index contributed by atoms with van der Waals surface area (Å²) in [5.41, 5.74) is 1.23. The Balaban J connectivity index is 1.51. The lowest BCUT2D eigenvalue weighted by Crippen LogP contribution is -2.37. The smallest absolute Gasteiger partial charge is 0.260 e. The van der Waals surface area contributed by atoms with E-state index in [1.807, 2.05) is 29.6 Å². The molecule has 3 rings (SSSR count). The Morgan fingerprint density at radius 2 is 1.67 bits per heavy atom. The average molecular weight is 379 g/mol. The van der Waals surface area contributed by atoms with Crippen molar-refractivity contribution in [2.75, 3.05) is 6.54 Å². The molecular weight excluding hydrogens is 358 g/mol. The van der Waals surface area contributed by atoms with E-state index in [1.54, 1.807) is 54.7 Å². The minimum Gasteiger partial charge on any atom is -0.481 e. The van der Waals surface area contributed by atoms with Crippen LogP contribution >= 0.6 is 11.3 Å². The fourth-order valence-corrected chi connectivity index (χ4v) is 3.32. The van der Waals surface area contributed by atoms with E-state index in [9.17, 15) is 9.59 Å². The summed E-state index contributed by atoms with van der Waals surface area (Å²) in [4.78, 5) is 25.8. The molecular formula is C22H21NO3S. The Morgan fingerprint density at radius 3 is 2.33 bits per heavy atom. The third-order valence-corrected chi connectivity index (χ3v) is 5.02. The number of hydrogen-bond acceptors (Lipinski definition) is 4. The molecule has 5 heteroatoms. The van der Waals surface area contributed by atoms with Crippen molar-refractivity contribution >= 4 is 23.0 Å². The molecule has 0 bridgehead atoms. The van der Waals surface area contributed by atoms with Gasteiger partial charge in [-0.2, -0.15) is 0 Å². The Bertz CT molecular complexity index is 874. The molecule has 0 saturated carbocycles. The van der Waals surface area contributed by atoms with Gasteiger partial charge in [-0.05, 0) is 49.1 Å². The minimum absolute atomic E-state index is 0.0403. The van der Waals surface area contributed by atoms with E-state index in [0.717, 1.165) is 6.42 Å². The standard InChI is InChI=1S/C22H21NO3S/c1-16(22(25)23-14-13-20-8-5-15-27-20)26-19-11-9-18(10-12-19)21(24)17-6-3-2-4-7-17/h2-12,15-16H,13-14H2,1H3,(H,23,25). The summed E-state index contributed by atoms with van der Waals surface area (Å²) < 4.78 is 5.68. The van der Waals surface area contributed by atoms with Crippen molar-refractivity contribution in [2.45, 2.75) is 19.4 Å². The second-order valence-electron chi connectivity index (χ2n) is 6.10. The molecule has 138 valence electrons. The average Bonchev–Trinajstić information content (AvgIpc) is 3.22. The molecule has 0 radical (unpaired) electrons. The van der Waals surface area contributed by atoms with Crippen LogP contribution in [0.4, 0.5) is 0 Å². The van der Waals surface area contributed by atoms with Gasteiger partial charge in [0.15, 0.2) is 11.9 Å². The molecule has 1 atom stereocenters. The number of benzene rings is 2. The Hall–Kier alpha value is -2.92. The Morgan fingerprint density at radius 1 is 0.963 bits per heavy atom. The molecule has 0 aliphatic heterocycles. The van der Waals surface area contributed by atoms with Crippen LogP contribution in [0.5, 0.6) is 5.75 Å². The van der Waals surface area contributed by atoms with Crippen LogP contribution in [0, 0.1) is 0 Å². The molecule has 0 aliphatic rings. The van der Waals surface area contributed by atoms with Crippen LogP contribution in [0.15, 0.2) is 72.1 Å². The Kier molecular flexibility index (Phi) is 6.39. The highest BCUT2D eigenvalue weighted by atomic mass is 32.1. The lowest BCUT2D eigenvalue weighted by molar-refractivity contribution is -0.127. The molecule has 1 N–H and O–H groups in total. The number of rotatable bonds is 8. The second kappa shape index (κ2) is 9.14. The minimum atomic E-state index is -0.607.